The molecule has 0 bridgehead atoms. The molecule has 0 aliphatic carbocycles. The standard InChI is InChI=1S/C5H10ClN3/c1-3(7)4(2)9-5(6)8/h7H2,1-2H3,(H2,8,9)/b4-3-. The monoisotopic (exact) mass is 147 g/mol. The van der Waals surface area contributed by atoms with Crippen molar-refractivity contribution in [2.75, 3.05) is 0 Å². The molecule has 52 valence electrons. The van der Waals surface area contributed by atoms with E-state index in [-0.39, 0.29) is 5.29 Å². The zero-order chi connectivity index (χ0) is 7.44. The van der Waals surface area contributed by atoms with Gasteiger partial charge in [-0.3, -0.25) is 0 Å². The molecule has 0 saturated heterocycles. The summed E-state index contributed by atoms with van der Waals surface area (Å²) in [4.78, 5) is 3.69. The highest BCUT2D eigenvalue weighted by molar-refractivity contribution is 6.64. The van der Waals surface area contributed by atoms with Crippen LogP contribution in [0.2, 0.25) is 0 Å². The van der Waals surface area contributed by atoms with Crippen LogP contribution in [0, 0.1) is 0 Å². The Balaban J connectivity index is 4.25. The van der Waals surface area contributed by atoms with Crippen LogP contribution < -0.4 is 11.5 Å². The van der Waals surface area contributed by atoms with Crippen LogP contribution in [0.1, 0.15) is 13.8 Å². The molecule has 0 fully saturated rings. The molecule has 4 N–H and O–H groups in total. The summed E-state index contributed by atoms with van der Waals surface area (Å²) in [5, 5.41) is 0.0114. The van der Waals surface area contributed by atoms with Gasteiger partial charge in [-0.05, 0) is 25.4 Å². The molecule has 0 rings (SSSR count). The lowest BCUT2D eigenvalue weighted by molar-refractivity contribution is 1.16. The summed E-state index contributed by atoms with van der Waals surface area (Å²) < 4.78 is 0. The average Bonchev–Trinajstić information content (AvgIpc) is 1.63. The van der Waals surface area contributed by atoms with E-state index in [4.69, 9.17) is 23.1 Å². The Kier molecular flexibility index (Phi) is 3.09. The number of hydrogen-bond donors (Lipinski definition) is 2. The molecule has 0 aliphatic heterocycles. The largest absolute Gasteiger partial charge is 0.401 e. The Morgan fingerprint density at radius 2 is 1.78 bits per heavy atom. The third-order valence-electron chi connectivity index (χ3n) is 0.845. The van der Waals surface area contributed by atoms with E-state index in [2.05, 4.69) is 4.99 Å². The van der Waals surface area contributed by atoms with E-state index < -0.39 is 0 Å². The molecule has 0 spiro atoms. The second kappa shape index (κ2) is 3.35. The Morgan fingerprint density at radius 3 is 1.89 bits per heavy atom. The summed E-state index contributed by atoms with van der Waals surface area (Å²) in [6.45, 7) is 3.48. The van der Waals surface area contributed by atoms with Gasteiger partial charge < -0.3 is 11.5 Å². The normalized spacial score (nSPS) is 15.2. The average molecular weight is 148 g/mol. The molecule has 0 aliphatic rings. The van der Waals surface area contributed by atoms with E-state index in [0.29, 0.717) is 11.4 Å². The number of halogens is 1. The van der Waals surface area contributed by atoms with Crippen molar-refractivity contribution < 1.29 is 0 Å². The van der Waals surface area contributed by atoms with Crippen molar-refractivity contribution in [2.45, 2.75) is 13.8 Å². The predicted octanol–water partition coefficient (Wildman–Crippen LogP) is 0.750. The summed E-state index contributed by atoms with van der Waals surface area (Å²) in [5.74, 6) is 0. The van der Waals surface area contributed by atoms with Crippen LogP contribution in [-0.2, 0) is 0 Å². The highest BCUT2D eigenvalue weighted by Gasteiger charge is 1.88. The maximum Gasteiger partial charge on any atom is 0.193 e. The minimum atomic E-state index is 0.0114. The lowest BCUT2D eigenvalue weighted by atomic mass is 10.4. The third-order valence-corrected chi connectivity index (χ3v) is 0.930. The summed E-state index contributed by atoms with van der Waals surface area (Å²) in [5.41, 5.74) is 11.7. The van der Waals surface area contributed by atoms with Crippen LogP contribution in [0.25, 0.3) is 0 Å². The number of nitrogens with two attached hydrogens (primary N) is 2. The number of rotatable bonds is 1. The first-order valence-electron chi connectivity index (χ1n) is 2.46. The van der Waals surface area contributed by atoms with E-state index in [0.717, 1.165) is 0 Å². The quantitative estimate of drug-likeness (QED) is 0.327. The van der Waals surface area contributed by atoms with Crippen LogP contribution >= 0.6 is 11.6 Å². The summed E-state index contributed by atoms with van der Waals surface area (Å²) in [6, 6.07) is 0. The Labute approximate surface area is 59.4 Å². The van der Waals surface area contributed by atoms with Crippen molar-refractivity contribution in [1.82, 2.24) is 0 Å². The van der Waals surface area contributed by atoms with E-state index in [9.17, 15) is 0 Å². The first-order chi connectivity index (χ1) is 4.04. The molecule has 0 radical (unpaired) electrons. The number of aliphatic imine (C=N–C) groups is 1. The third kappa shape index (κ3) is 3.85. The molecule has 0 heterocycles. The van der Waals surface area contributed by atoms with E-state index in [1.165, 1.54) is 0 Å². The molecular formula is C5H10ClN3. The van der Waals surface area contributed by atoms with Gasteiger partial charge in [-0.2, -0.15) is 0 Å². The number of hydrogen-bond acceptors (Lipinski definition) is 2. The lowest BCUT2D eigenvalue weighted by Gasteiger charge is -1.93. The summed E-state index contributed by atoms with van der Waals surface area (Å²) >= 11 is 5.25. The maximum atomic E-state index is 5.34. The highest BCUT2D eigenvalue weighted by atomic mass is 35.5. The van der Waals surface area contributed by atoms with Crippen molar-refractivity contribution in [3.8, 4) is 0 Å². The fraction of sp³-hybridized carbons (Fsp3) is 0.400. The van der Waals surface area contributed by atoms with Gasteiger partial charge in [0, 0.05) is 5.70 Å². The zero-order valence-electron chi connectivity index (χ0n) is 5.48. The molecule has 0 aromatic heterocycles. The highest BCUT2D eigenvalue weighted by Crippen LogP contribution is 1.98. The van der Waals surface area contributed by atoms with Crippen LogP contribution in [0.4, 0.5) is 0 Å². The van der Waals surface area contributed by atoms with Crippen LogP contribution in [0.3, 0.4) is 0 Å². The molecular weight excluding hydrogens is 138 g/mol. The predicted molar refractivity (Wildman–Crippen MR) is 40.0 cm³/mol. The first kappa shape index (κ1) is 8.30. The van der Waals surface area contributed by atoms with Crippen LogP contribution in [0.15, 0.2) is 16.4 Å². The molecule has 0 unspecified atom stereocenters. The van der Waals surface area contributed by atoms with E-state index >= 15 is 0 Å². The van der Waals surface area contributed by atoms with Crippen molar-refractivity contribution in [3.63, 3.8) is 0 Å². The van der Waals surface area contributed by atoms with Crippen molar-refractivity contribution in [2.24, 2.45) is 16.5 Å². The lowest BCUT2D eigenvalue weighted by Crippen LogP contribution is -2.03. The minimum Gasteiger partial charge on any atom is -0.401 e. The topological polar surface area (TPSA) is 64.4 Å². The van der Waals surface area contributed by atoms with Gasteiger partial charge >= 0.3 is 0 Å². The van der Waals surface area contributed by atoms with E-state index in [1.54, 1.807) is 13.8 Å². The van der Waals surface area contributed by atoms with Gasteiger partial charge in [-0.25, -0.2) is 4.99 Å². The van der Waals surface area contributed by atoms with Crippen molar-refractivity contribution in [3.05, 3.63) is 11.4 Å². The number of nitrogens with zero attached hydrogens (tertiary/aromatic N) is 1. The van der Waals surface area contributed by atoms with Crippen LogP contribution in [-0.4, -0.2) is 5.29 Å². The van der Waals surface area contributed by atoms with Gasteiger partial charge in [0.1, 0.15) is 0 Å². The molecule has 0 saturated carbocycles. The van der Waals surface area contributed by atoms with Gasteiger partial charge in [-0.15, -0.1) is 0 Å². The van der Waals surface area contributed by atoms with Crippen LogP contribution in [0.5, 0.6) is 0 Å². The molecule has 0 aromatic rings. The molecule has 9 heavy (non-hydrogen) atoms. The van der Waals surface area contributed by atoms with Crippen molar-refractivity contribution in [1.29, 1.82) is 0 Å². The van der Waals surface area contributed by atoms with Gasteiger partial charge in [0.15, 0.2) is 5.29 Å². The summed E-state index contributed by atoms with van der Waals surface area (Å²) in [7, 11) is 0. The van der Waals surface area contributed by atoms with Crippen molar-refractivity contribution >= 4 is 16.9 Å². The zero-order valence-corrected chi connectivity index (χ0v) is 6.24. The van der Waals surface area contributed by atoms with Gasteiger partial charge in [0.25, 0.3) is 0 Å². The molecule has 4 heteroatoms. The number of amidine groups is 1. The first-order valence-corrected chi connectivity index (χ1v) is 2.84. The fourth-order valence-corrected chi connectivity index (χ4v) is 0.375. The molecule has 0 atom stereocenters. The minimum absolute atomic E-state index is 0.0114. The smallest absolute Gasteiger partial charge is 0.193 e. The second-order valence-electron chi connectivity index (χ2n) is 1.70. The Hall–Kier alpha value is -0.700. The SMILES string of the molecule is C/C(N)=C(\C)N=C(N)Cl. The van der Waals surface area contributed by atoms with Gasteiger partial charge in [0.05, 0.1) is 5.70 Å². The molecule has 0 aromatic carbocycles. The molecule has 3 nitrogen and oxygen atoms in total. The maximum absolute atomic E-state index is 5.34. The fourth-order valence-electron chi connectivity index (χ4n) is 0.248. The van der Waals surface area contributed by atoms with E-state index in [1.807, 2.05) is 0 Å². The Bertz CT molecular complexity index is 152. The number of allylic oxidation sites excluding steroid dienone is 2. The van der Waals surface area contributed by atoms with Gasteiger partial charge in [-0.1, -0.05) is 0 Å². The summed E-state index contributed by atoms with van der Waals surface area (Å²) in [6.07, 6.45) is 0. The Morgan fingerprint density at radius 1 is 1.33 bits per heavy atom. The second-order valence-corrected chi connectivity index (χ2v) is 2.09. The molecule has 0 amide bonds. The van der Waals surface area contributed by atoms with Gasteiger partial charge in [0.2, 0.25) is 0 Å².